The molecule has 75 heavy (non-hydrogen) atoms. The Morgan fingerprint density at radius 3 is 0.933 bits per heavy atom. The van der Waals surface area contributed by atoms with E-state index < -0.39 is 0 Å². The Morgan fingerprint density at radius 1 is 0.267 bits per heavy atom. The van der Waals surface area contributed by atoms with Crippen molar-refractivity contribution in [3.8, 4) is 78.3 Å². The molecule has 0 atom stereocenters. The van der Waals surface area contributed by atoms with E-state index >= 15 is 0 Å². The van der Waals surface area contributed by atoms with Crippen molar-refractivity contribution in [2.45, 2.75) is 0 Å². The molecule has 0 fully saturated rings. The van der Waals surface area contributed by atoms with Crippen LogP contribution < -0.4 is 0 Å². The number of hydrogen-bond donors (Lipinski definition) is 0. The van der Waals surface area contributed by atoms with Crippen LogP contribution in [-0.4, -0.2) is 14.1 Å². The fourth-order valence-corrected chi connectivity index (χ4v) is 10.6. The number of hydrogen-bond acceptors (Lipinski definition) is 1. The van der Waals surface area contributed by atoms with Crippen molar-refractivity contribution in [3.05, 3.63) is 297 Å². The van der Waals surface area contributed by atoms with E-state index in [0.717, 1.165) is 22.6 Å². The zero-order valence-electron chi connectivity index (χ0n) is 40.9. The minimum atomic E-state index is 0. The first-order chi connectivity index (χ1) is 36.7. The number of nitrogens with zero attached hydrogens (tertiary/aromatic N) is 3. The van der Waals surface area contributed by atoms with Gasteiger partial charge in [0.2, 0.25) is 0 Å². The molecule has 11 aromatic carbocycles. The molecule has 0 amide bonds. The molecule has 0 saturated carbocycles. The van der Waals surface area contributed by atoms with Gasteiger partial charge in [-0.25, -0.2) is 0 Å². The van der Waals surface area contributed by atoms with Crippen LogP contribution in [0.15, 0.2) is 291 Å². The van der Waals surface area contributed by atoms with Crippen molar-refractivity contribution in [2.75, 3.05) is 0 Å². The van der Waals surface area contributed by atoms with Gasteiger partial charge >= 0.3 is 0 Å². The third-order valence-corrected chi connectivity index (χ3v) is 14.1. The second-order valence-corrected chi connectivity index (χ2v) is 18.7. The van der Waals surface area contributed by atoms with Crippen LogP contribution in [-0.2, 0) is 20.1 Å². The SMILES string of the molecule is [Ir].[c-]1ccccc1-c1ccccn1.c1ccc(-c2cc(-c3ccc(-n4c5ccccc5c5ccccc54)cc3)cc(-c3cc(-c4ccccc4)cc(-c4ccc(-n5c6ccccc6c6ccccc65)cc4)c3)c2)cc1. The molecule has 3 nitrogen and oxygen atoms in total. The average Bonchev–Trinajstić information content (AvgIpc) is 4.01. The summed E-state index contributed by atoms with van der Waals surface area (Å²) in [5, 5.41) is 5.07. The zero-order valence-corrected chi connectivity index (χ0v) is 43.3. The largest absolute Gasteiger partial charge is 0.309 e. The second-order valence-electron chi connectivity index (χ2n) is 18.7. The number of aromatic nitrogens is 3. The van der Waals surface area contributed by atoms with Crippen molar-refractivity contribution < 1.29 is 20.1 Å². The molecule has 14 aromatic rings. The van der Waals surface area contributed by atoms with Gasteiger partial charge in [0.05, 0.1) is 22.1 Å². The number of para-hydroxylation sites is 4. The number of fused-ring (bicyclic) bond motifs is 6. The second kappa shape index (κ2) is 20.7. The van der Waals surface area contributed by atoms with Crippen LogP contribution >= 0.6 is 0 Å². The Bertz CT molecular complexity index is 3870. The van der Waals surface area contributed by atoms with Crippen molar-refractivity contribution in [3.63, 3.8) is 0 Å². The van der Waals surface area contributed by atoms with Crippen LogP contribution in [0, 0.1) is 6.07 Å². The van der Waals surface area contributed by atoms with Gasteiger partial charge in [0.25, 0.3) is 0 Å². The van der Waals surface area contributed by atoms with E-state index in [0.29, 0.717) is 0 Å². The summed E-state index contributed by atoms with van der Waals surface area (Å²) in [5.41, 5.74) is 21.0. The van der Waals surface area contributed by atoms with Gasteiger partial charge in [0.1, 0.15) is 0 Å². The molecule has 3 heterocycles. The third-order valence-electron chi connectivity index (χ3n) is 14.1. The molecule has 3 aromatic heterocycles. The molecule has 0 spiro atoms. The van der Waals surface area contributed by atoms with E-state index in [-0.39, 0.29) is 20.1 Å². The van der Waals surface area contributed by atoms with Gasteiger partial charge in [-0.15, -0.1) is 35.9 Å². The summed E-state index contributed by atoms with van der Waals surface area (Å²) >= 11 is 0. The Hall–Kier alpha value is -9.18. The van der Waals surface area contributed by atoms with E-state index in [1.54, 1.807) is 6.20 Å². The molecule has 0 bridgehead atoms. The molecule has 0 saturated heterocycles. The molecule has 4 heteroatoms. The maximum absolute atomic E-state index is 4.22. The smallest absolute Gasteiger partial charge is 0.0541 e. The van der Waals surface area contributed by atoms with E-state index in [9.17, 15) is 0 Å². The summed E-state index contributed by atoms with van der Waals surface area (Å²) in [6.07, 6.45) is 1.79. The van der Waals surface area contributed by atoms with Crippen LogP contribution in [0.2, 0.25) is 0 Å². The molecule has 0 aliphatic heterocycles. The van der Waals surface area contributed by atoms with Crippen LogP contribution in [0.5, 0.6) is 0 Å². The Balaban J connectivity index is 0.000000385. The van der Waals surface area contributed by atoms with Gasteiger partial charge in [-0.2, -0.15) is 0 Å². The zero-order chi connectivity index (χ0) is 49.2. The minimum absolute atomic E-state index is 0. The normalized spacial score (nSPS) is 11.1. The predicted octanol–water partition coefficient (Wildman–Crippen LogP) is 18.8. The Kier molecular flexibility index (Phi) is 13.0. The first-order valence-corrected chi connectivity index (χ1v) is 25.2. The van der Waals surface area contributed by atoms with Crippen molar-refractivity contribution in [2.24, 2.45) is 0 Å². The maximum atomic E-state index is 4.22. The van der Waals surface area contributed by atoms with Crippen LogP contribution in [0.3, 0.4) is 0 Å². The summed E-state index contributed by atoms with van der Waals surface area (Å²) in [6, 6.07) is 105. The molecular formula is C71H48IrN3-. The third kappa shape index (κ3) is 9.19. The number of pyridine rings is 1. The molecule has 14 rings (SSSR count). The van der Waals surface area contributed by atoms with E-state index in [1.165, 1.54) is 99.2 Å². The van der Waals surface area contributed by atoms with Crippen molar-refractivity contribution >= 4 is 43.6 Å². The van der Waals surface area contributed by atoms with E-state index in [4.69, 9.17) is 0 Å². The molecular weight excluding hydrogens is 1090 g/mol. The number of benzene rings is 11. The summed E-state index contributed by atoms with van der Waals surface area (Å²) in [5.74, 6) is 0. The quantitative estimate of drug-likeness (QED) is 0.139. The minimum Gasteiger partial charge on any atom is -0.309 e. The topological polar surface area (TPSA) is 22.8 Å². The summed E-state index contributed by atoms with van der Waals surface area (Å²) in [7, 11) is 0. The first kappa shape index (κ1) is 46.9. The first-order valence-electron chi connectivity index (χ1n) is 25.2. The van der Waals surface area contributed by atoms with Gasteiger partial charge in [-0.1, -0.05) is 170 Å². The van der Waals surface area contributed by atoms with Crippen LogP contribution in [0.25, 0.3) is 122 Å². The Labute approximate surface area is 450 Å². The van der Waals surface area contributed by atoms with Gasteiger partial charge in [0, 0.05) is 59.2 Å². The fourth-order valence-electron chi connectivity index (χ4n) is 10.6. The monoisotopic (exact) mass is 1140 g/mol. The van der Waals surface area contributed by atoms with Crippen LogP contribution in [0.4, 0.5) is 0 Å². The molecule has 0 N–H and O–H groups in total. The molecule has 0 unspecified atom stereocenters. The average molecular weight is 1140 g/mol. The van der Waals surface area contributed by atoms with Crippen LogP contribution in [0.1, 0.15) is 0 Å². The van der Waals surface area contributed by atoms with Gasteiger partial charge in [0.15, 0.2) is 0 Å². The van der Waals surface area contributed by atoms with Gasteiger partial charge in [-0.05, 0) is 152 Å². The maximum Gasteiger partial charge on any atom is 0.0541 e. The number of rotatable bonds is 8. The summed E-state index contributed by atoms with van der Waals surface area (Å²) < 4.78 is 4.76. The van der Waals surface area contributed by atoms with Gasteiger partial charge in [-0.3, -0.25) is 0 Å². The fraction of sp³-hybridized carbons (Fsp3) is 0. The van der Waals surface area contributed by atoms with E-state index in [1.807, 2.05) is 42.5 Å². The molecule has 1 radical (unpaired) electrons. The van der Waals surface area contributed by atoms with E-state index in [2.05, 4.69) is 263 Å². The van der Waals surface area contributed by atoms with Crippen molar-refractivity contribution in [1.29, 1.82) is 0 Å². The molecule has 0 aliphatic rings. The standard InChI is InChI=1S/C60H40N2.C11H8N.Ir/c1-3-15-41(16-4-1)45-35-47(43-27-31-51(32-28-43)61-57-23-11-7-19-53(57)54-20-8-12-24-58(54)61)39-49(37-45)50-38-46(42-17-5-2-6-18-42)36-48(40-50)44-29-33-52(34-30-44)62-59-25-13-9-21-55(59)56-22-10-14-26-60(56)62;1-2-6-10(7-3-1)11-8-4-5-9-12-11;/h1-40H;1-6,8-9H;/q;-1;. The van der Waals surface area contributed by atoms with Crippen molar-refractivity contribution in [1.82, 2.24) is 14.1 Å². The Morgan fingerprint density at radius 2 is 0.587 bits per heavy atom. The van der Waals surface area contributed by atoms with Gasteiger partial charge < -0.3 is 14.1 Å². The molecule has 357 valence electrons. The summed E-state index contributed by atoms with van der Waals surface area (Å²) in [6.45, 7) is 0. The molecule has 0 aliphatic carbocycles. The summed E-state index contributed by atoms with van der Waals surface area (Å²) in [4.78, 5) is 4.22. The predicted molar refractivity (Wildman–Crippen MR) is 311 cm³/mol.